The van der Waals surface area contributed by atoms with Crippen LogP contribution < -0.4 is 5.32 Å². The fraction of sp³-hybridized carbons (Fsp3) is 0.750. The van der Waals surface area contributed by atoms with Crippen molar-refractivity contribution >= 4 is 11.3 Å². The third-order valence-corrected chi connectivity index (χ3v) is 5.23. The fourth-order valence-electron chi connectivity index (χ4n) is 2.98. The van der Waals surface area contributed by atoms with Crippen molar-refractivity contribution in [2.45, 2.75) is 58.0 Å². The Kier molecular flexibility index (Phi) is 6.35. The van der Waals surface area contributed by atoms with Gasteiger partial charge in [0.15, 0.2) is 0 Å². The van der Waals surface area contributed by atoms with Crippen LogP contribution in [0, 0.1) is 0 Å². The first-order valence-electron chi connectivity index (χ1n) is 7.82. The molecule has 1 N–H and O–H groups in total. The van der Waals surface area contributed by atoms with E-state index in [0.29, 0.717) is 6.04 Å². The van der Waals surface area contributed by atoms with Crippen LogP contribution in [0.15, 0.2) is 17.5 Å². The lowest BCUT2D eigenvalue weighted by atomic mass is 10.0. The third-order valence-electron chi connectivity index (χ3n) is 4.25. The molecule has 1 aromatic heterocycles. The molecule has 0 aromatic carbocycles. The van der Waals surface area contributed by atoms with Gasteiger partial charge in [-0.25, -0.2) is 0 Å². The molecule has 1 aromatic rings. The van der Waals surface area contributed by atoms with E-state index >= 15 is 0 Å². The summed E-state index contributed by atoms with van der Waals surface area (Å²) in [5, 5.41) is 5.89. The molecule has 2 rings (SSSR count). The van der Waals surface area contributed by atoms with Gasteiger partial charge in [0.25, 0.3) is 0 Å². The average molecular weight is 280 g/mol. The Labute approximate surface area is 122 Å². The molecule has 2 heterocycles. The van der Waals surface area contributed by atoms with Gasteiger partial charge in [0.05, 0.1) is 0 Å². The van der Waals surface area contributed by atoms with E-state index in [1.807, 2.05) is 11.3 Å². The molecule has 0 radical (unpaired) electrons. The summed E-state index contributed by atoms with van der Waals surface area (Å²) in [4.78, 5) is 4.14. The largest absolute Gasteiger partial charge is 0.309 e. The summed E-state index contributed by atoms with van der Waals surface area (Å²) >= 11 is 1.87. The lowest BCUT2D eigenvalue weighted by Crippen LogP contribution is -2.39. The molecule has 0 aliphatic carbocycles. The average Bonchev–Trinajstić information content (AvgIpc) is 2.95. The van der Waals surface area contributed by atoms with Crippen molar-refractivity contribution in [2.24, 2.45) is 0 Å². The SMILES string of the molecule is CCC(NCCCN1CCCCC1C)c1cccs1. The van der Waals surface area contributed by atoms with E-state index in [1.54, 1.807) is 0 Å². The molecule has 0 amide bonds. The van der Waals surface area contributed by atoms with Crippen LogP contribution in [0.5, 0.6) is 0 Å². The molecule has 0 bridgehead atoms. The minimum atomic E-state index is 0.554. The summed E-state index contributed by atoms with van der Waals surface area (Å²) < 4.78 is 0. The van der Waals surface area contributed by atoms with Crippen molar-refractivity contribution in [2.75, 3.05) is 19.6 Å². The third kappa shape index (κ3) is 4.59. The summed E-state index contributed by atoms with van der Waals surface area (Å²) in [6, 6.07) is 5.75. The summed E-state index contributed by atoms with van der Waals surface area (Å²) in [7, 11) is 0. The fourth-order valence-corrected chi connectivity index (χ4v) is 3.87. The molecular formula is C16H28N2S. The zero-order valence-corrected chi connectivity index (χ0v) is 13.2. The van der Waals surface area contributed by atoms with E-state index in [4.69, 9.17) is 0 Å². The molecule has 2 nitrogen and oxygen atoms in total. The van der Waals surface area contributed by atoms with E-state index in [2.05, 4.69) is 41.6 Å². The van der Waals surface area contributed by atoms with Gasteiger partial charge in [0.1, 0.15) is 0 Å². The number of likely N-dealkylation sites (tertiary alicyclic amines) is 1. The van der Waals surface area contributed by atoms with E-state index in [-0.39, 0.29) is 0 Å². The molecule has 108 valence electrons. The van der Waals surface area contributed by atoms with Crippen molar-refractivity contribution in [3.8, 4) is 0 Å². The Bertz CT molecular complexity index is 337. The number of hydrogen-bond acceptors (Lipinski definition) is 3. The van der Waals surface area contributed by atoms with Crippen LogP contribution in [0.2, 0.25) is 0 Å². The molecule has 1 saturated heterocycles. The summed E-state index contributed by atoms with van der Waals surface area (Å²) in [6.07, 6.45) is 6.66. The number of nitrogens with one attached hydrogen (secondary N) is 1. The first-order valence-corrected chi connectivity index (χ1v) is 8.70. The van der Waals surface area contributed by atoms with Crippen molar-refractivity contribution < 1.29 is 0 Å². The Morgan fingerprint density at radius 1 is 1.47 bits per heavy atom. The van der Waals surface area contributed by atoms with Crippen molar-refractivity contribution in [1.82, 2.24) is 10.2 Å². The smallest absolute Gasteiger partial charge is 0.0412 e. The second-order valence-corrected chi connectivity index (χ2v) is 6.64. The van der Waals surface area contributed by atoms with Gasteiger partial charge in [-0.1, -0.05) is 19.4 Å². The van der Waals surface area contributed by atoms with E-state index in [9.17, 15) is 0 Å². The maximum atomic E-state index is 3.71. The van der Waals surface area contributed by atoms with Crippen LogP contribution in [0.1, 0.15) is 56.9 Å². The second kappa shape index (κ2) is 8.03. The van der Waals surface area contributed by atoms with Crippen molar-refractivity contribution in [3.05, 3.63) is 22.4 Å². The van der Waals surface area contributed by atoms with Gasteiger partial charge < -0.3 is 10.2 Å². The van der Waals surface area contributed by atoms with Gasteiger partial charge in [-0.15, -0.1) is 11.3 Å². The summed E-state index contributed by atoms with van der Waals surface area (Å²) in [5.74, 6) is 0. The van der Waals surface area contributed by atoms with Gasteiger partial charge in [0, 0.05) is 17.0 Å². The highest BCUT2D eigenvalue weighted by molar-refractivity contribution is 7.10. The Balaban J connectivity index is 1.65. The van der Waals surface area contributed by atoms with Gasteiger partial charge in [0.2, 0.25) is 0 Å². The van der Waals surface area contributed by atoms with Gasteiger partial charge in [-0.3, -0.25) is 0 Å². The zero-order chi connectivity index (χ0) is 13.5. The Morgan fingerprint density at radius 2 is 2.37 bits per heavy atom. The standard InChI is InChI=1S/C16H28N2S/c1-3-15(16-9-6-13-19-16)17-10-7-12-18-11-5-4-8-14(18)2/h6,9,13-15,17H,3-5,7-8,10-12H2,1-2H3. The molecule has 2 atom stereocenters. The van der Waals surface area contributed by atoms with Crippen molar-refractivity contribution in [1.29, 1.82) is 0 Å². The zero-order valence-electron chi connectivity index (χ0n) is 12.4. The number of nitrogens with zero attached hydrogens (tertiary/aromatic N) is 1. The number of thiophene rings is 1. The maximum absolute atomic E-state index is 3.71. The monoisotopic (exact) mass is 280 g/mol. The molecule has 0 saturated carbocycles. The minimum absolute atomic E-state index is 0.554. The first kappa shape index (κ1) is 15.0. The van der Waals surface area contributed by atoms with Gasteiger partial charge in [-0.2, -0.15) is 0 Å². The molecule has 1 aliphatic rings. The minimum Gasteiger partial charge on any atom is -0.309 e. The molecule has 1 fully saturated rings. The quantitative estimate of drug-likeness (QED) is 0.758. The predicted molar refractivity (Wildman–Crippen MR) is 84.9 cm³/mol. The van der Waals surface area contributed by atoms with E-state index in [0.717, 1.165) is 12.6 Å². The number of hydrogen-bond donors (Lipinski definition) is 1. The predicted octanol–water partition coefficient (Wildman–Crippen LogP) is 4.05. The van der Waals surface area contributed by atoms with Crippen LogP contribution in [-0.4, -0.2) is 30.6 Å². The highest BCUT2D eigenvalue weighted by Crippen LogP contribution is 2.21. The number of piperidine rings is 1. The number of rotatable bonds is 7. The first-order chi connectivity index (χ1) is 9.31. The Morgan fingerprint density at radius 3 is 3.05 bits per heavy atom. The molecule has 3 heteroatoms. The molecule has 2 unspecified atom stereocenters. The highest BCUT2D eigenvalue weighted by atomic mass is 32.1. The lowest BCUT2D eigenvalue weighted by molar-refractivity contribution is 0.158. The van der Waals surface area contributed by atoms with Crippen LogP contribution in [-0.2, 0) is 0 Å². The summed E-state index contributed by atoms with van der Waals surface area (Å²) in [6.45, 7) is 8.36. The van der Waals surface area contributed by atoms with Crippen LogP contribution in [0.3, 0.4) is 0 Å². The van der Waals surface area contributed by atoms with Crippen LogP contribution in [0.25, 0.3) is 0 Å². The molecular weight excluding hydrogens is 252 g/mol. The normalized spacial score (nSPS) is 22.5. The van der Waals surface area contributed by atoms with Crippen LogP contribution >= 0.6 is 11.3 Å². The molecule has 19 heavy (non-hydrogen) atoms. The van der Waals surface area contributed by atoms with Gasteiger partial charge >= 0.3 is 0 Å². The van der Waals surface area contributed by atoms with Crippen molar-refractivity contribution in [3.63, 3.8) is 0 Å². The van der Waals surface area contributed by atoms with Crippen LogP contribution in [0.4, 0.5) is 0 Å². The lowest BCUT2D eigenvalue weighted by Gasteiger charge is -2.33. The molecule has 0 spiro atoms. The molecule has 1 aliphatic heterocycles. The topological polar surface area (TPSA) is 15.3 Å². The Hall–Kier alpha value is -0.380. The summed E-state index contributed by atoms with van der Waals surface area (Å²) in [5.41, 5.74) is 0. The van der Waals surface area contributed by atoms with Gasteiger partial charge in [-0.05, 0) is 63.7 Å². The van der Waals surface area contributed by atoms with E-state index < -0.39 is 0 Å². The highest BCUT2D eigenvalue weighted by Gasteiger charge is 2.17. The maximum Gasteiger partial charge on any atom is 0.0412 e. The second-order valence-electron chi connectivity index (χ2n) is 5.66. The van der Waals surface area contributed by atoms with E-state index in [1.165, 1.54) is 50.1 Å².